The molecule has 0 aromatic heterocycles. The first-order valence-electron chi connectivity index (χ1n) is 5.71. The van der Waals surface area contributed by atoms with Gasteiger partial charge in [0, 0.05) is 18.5 Å². The van der Waals surface area contributed by atoms with Crippen LogP contribution in [0.5, 0.6) is 0 Å². The van der Waals surface area contributed by atoms with E-state index in [0.717, 1.165) is 6.54 Å². The van der Waals surface area contributed by atoms with Crippen LogP contribution in [0.25, 0.3) is 0 Å². The van der Waals surface area contributed by atoms with Crippen LogP contribution in [-0.2, 0) is 0 Å². The summed E-state index contributed by atoms with van der Waals surface area (Å²) < 4.78 is 0. The highest BCUT2D eigenvalue weighted by Crippen LogP contribution is 2.14. The molecule has 0 fully saturated rings. The number of halogens is 1. The van der Waals surface area contributed by atoms with Crippen LogP contribution >= 0.6 is 24.0 Å². The van der Waals surface area contributed by atoms with Crippen LogP contribution in [0.15, 0.2) is 35.3 Å². The summed E-state index contributed by atoms with van der Waals surface area (Å²) in [5.74, 6) is 0.923. The number of benzene rings is 1. The minimum Gasteiger partial charge on any atom is -0.370 e. The first-order chi connectivity index (χ1) is 7.59. The molecule has 0 saturated heterocycles. The predicted octanol–water partition coefficient (Wildman–Crippen LogP) is 2.72. The monoisotopic (exact) mass is 347 g/mol. The van der Waals surface area contributed by atoms with Crippen LogP contribution in [0.4, 0.5) is 0 Å². The summed E-state index contributed by atoms with van der Waals surface area (Å²) in [4.78, 5) is 4.32. The summed E-state index contributed by atoms with van der Waals surface area (Å²) >= 11 is 0. The molecule has 1 unspecified atom stereocenters. The van der Waals surface area contributed by atoms with Gasteiger partial charge in [-0.25, -0.2) is 0 Å². The van der Waals surface area contributed by atoms with E-state index in [1.807, 2.05) is 32.0 Å². The van der Waals surface area contributed by atoms with Crippen LogP contribution in [0.2, 0.25) is 0 Å². The van der Waals surface area contributed by atoms with Crippen molar-refractivity contribution in [1.29, 1.82) is 0 Å². The molecule has 3 N–H and O–H groups in total. The smallest absolute Gasteiger partial charge is 0.188 e. The van der Waals surface area contributed by atoms with E-state index in [1.165, 1.54) is 5.56 Å². The van der Waals surface area contributed by atoms with Crippen LogP contribution in [0.1, 0.15) is 32.3 Å². The number of hydrogen-bond donors (Lipinski definition) is 2. The summed E-state index contributed by atoms with van der Waals surface area (Å²) in [6.07, 6.45) is 0. The van der Waals surface area contributed by atoms with Crippen molar-refractivity contribution in [3.63, 3.8) is 0 Å². The first-order valence-corrected chi connectivity index (χ1v) is 5.71. The topological polar surface area (TPSA) is 50.4 Å². The summed E-state index contributed by atoms with van der Waals surface area (Å²) in [5, 5.41) is 3.08. The maximum Gasteiger partial charge on any atom is 0.188 e. The SMILES string of the molecule is CC(C)NC(N)=NCC(C)c1ccccc1.I. The normalized spacial score (nSPS) is 13.1. The zero-order valence-corrected chi connectivity index (χ0v) is 13.0. The van der Waals surface area contributed by atoms with Crippen LogP contribution in [0, 0.1) is 0 Å². The highest BCUT2D eigenvalue weighted by atomic mass is 127. The van der Waals surface area contributed by atoms with E-state index in [0.29, 0.717) is 17.9 Å². The van der Waals surface area contributed by atoms with Crippen molar-refractivity contribution in [3.8, 4) is 0 Å². The van der Waals surface area contributed by atoms with E-state index in [2.05, 4.69) is 29.4 Å². The molecule has 0 aliphatic rings. The molecular weight excluding hydrogens is 325 g/mol. The minimum absolute atomic E-state index is 0. The minimum atomic E-state index is 0. The molecule has 17 heavy (non-hydrogen) atoms. The van der Waals surface area contributed by atoms with E-state index in [1.54, 1.807) is 0 Å². The van der Waals surface area contributed by atoms with E-state index >= 15 is 0 Å². The number of nitrogens with zero attached hydrogens (tertiary/aromatic N) is 1. The Morgan fingerprint density at radius 1 is 1.24 bits per heavy atom. The molecule has 1 aromatic rings. The van der Waals surface area contributed by atoms with Gasteiger partial charge in [-0.05, 0) is 19.4 Å². The van der Waals surface area contributed by atoms with Gasteiger partial charge in [-0.1, -0.05) is 37.3 Å². The van der Waals surface area contributed by atoms with E-state index < -0.39 is 0 Å². The van der Waals surface area contributed by atoms with Gasteiger partial charge in [-0.3, -0.25) is 4.99 Å². The van der Waals surface area contributed by atoms with Crippen LogP contribution < -0.4 is 11.1 Å². The predicted molar refractivity (Wildman–Crippen MR) is 85.0 cm³/mol. The molecule has 0 bridgehead atoms. The zero-order chi connectivity index (χ0) is 12.0. The van der Waals surface area contributed by atoms with Crippen molar-refractivity contribution < 1.29 is 0 Å². The molecule has 0 heterocycles. The van der Waals surface area contributed by atoms with Gasteiger partial charge in [0.1, 0.15) is 0 Å². The Morgan fingerprint density at radius 3 is 2.35 bits per heavy atom. The molecule has 0 amide bonds. The fourth-order valence-electron chi connectivity index (χ4n) is 1.46. The Balaban J connectivity index is 0.00000256. The molecule has 1 aromatic carbocycles. The van der Waals surface area contributed by atoms with Crippen molar-refractivity contribution in [2.75, 3.05) is 6.54 Å². The molecule has 0 aliphatic heterocycles. The molecule has 0 saturated carbocycles. The lowest BCUT2D eigenvalue weighted by molar-refractivity contribution is 0.712. The van der Waals surface area contributed by atoms with E-state index in [4.69, 9.17) is 5.73 Å². The van der Waals surface area contributed by atoms with Gasteiger partial charge in [0.25, 0.3) is 0 Å². The second kappa shape index (κ2) is 8.33. The third kappa shape index (κ3) is 6.51. The highest BCUT2D eigenvalue weighted by Gasteiger charge is 2.03. The average molecular weight is 347 g/mol. The number of aliphatic imine (C=N–C) groups is 1. The first kappa shape index (κ1) is 16.2. The molecule has 0 aliphatic carbocycles. The summed E-state index contributed by atoms with van der Waals surface area (Å²) in [6.45, 7) is 6.96. The fraction of sp³-hybridized carbons (Fsp3) is 0.462. The van der Waals surface area contributed by atoms with Gasteiger partial charge < -0.3 is 11.1 Å². The molecule has 3 nitrogen and oxygen atoms in total. The van der Waals surface area contributed by atoms with Gasteiger partial charge in [-0.2, -0.15) is 0 Å². The Morgan fingerprint density at radius 2 is 1.82 bits per heavy atom. The van der Waals surface area contributed by atoms with Gasteiger partial charge in [-0.15, -0.1) is 24.0 Å². The van der Waals surface area contributed by atoms with Gasteiger partial charge in [0.05, 0.1) is 0 Å². The third-order valence-electron chi connectivity index (χ3n) is 2.34. The lowest BCUT2D eigenvalue weighted by Crippen LogP contribution is -2.37. The molecule has 0 spiro atoms. The Kier molecular flexibility index (Phi) is 7.95. The molecular formula is C13H22IN3. The van der Waals surface area contributed by atoms with Crippen molar-refractivity contribution in [2.45, 2.75) is 32.7 Å². The van der Waals surface area contributed by atoms with Gasteiger partial charge >= 0.3 is 0 Å². The second-order valence-electron chi connectivity index (χ2n) is 4.34. The van der Waals surface area contributed by atoms with E-state index in [9.17, 15) is 0 Å². The van der Waals surface area contributed by atoms with Crippen LogP contribution in [-0.4, -0.2) is 18.5 Å². The lowest BCUT2D eigenvalue weighted by atomic mass is 10.0. The van der Waals surface area contributed by atoms with Crippen molar-refractivity contribution >= 4 is 29.9 Å². The fourth-order valence-corrected chi connectivity index (χ4v) is 1.46. The number of hydrogen-bond acceptors (Lipinski definition) is 1. The second-order valence-corrected chi connectivity index (χ2v) is 4.34. The summed E-state index contributed by atoms with van der Waals surface area (Å²) in [6, 6.07) is 10.7. The van der Waals surface area contributed by atoms with Crippen molar-refractivity contribution in [3.05, 3.63) is 35.9 Å². The number of nitrogens with two attached hydrogens (primary N) is 1. The third-order valence-corrected chi connectivity index (χ3v) is 2.34. The molecule has 96 valence electrons. The van der Waals surface area contributed by atoms with Gasteiger partial charge in [0.15, 0.2) is 5.96 Å². The average Bonchev–Trinajstić information content (AvgIpc) is 2.26. The standard InChI is InChI=1S/C13H21N3.HI/c1-10(2)16-13(14)15-9-11(3)12-7-5-4-6-8-12;/h4-8,10-11H,9H2,1-3H3,(H3,14,15,16);1H. The van der Waals surface area contributed by atoms with Gasteiger partial charge in [0.2, 0.25) is 0 Å². The summed E-state index contributed by atoms with van der Waals surface area (Å²) in [7, 11) is 0. The van der Waals surface area contributed by atoms with E-state index in [-0.39, 0.29) is 24.0 Å². The zero-order valence-electron chi connectivity index (χ0n) is 10.7. The molecule has 4 heteroatoms. The Hall–Kier alpha value is -0.780. The van der Waals surface area contributed by atoms with Crippen molar-refractivity contribution in [2.24, 2.45) is 10.7 Å². The van der Waals surface area contributed by atoms with Crippen molar-refractivity contribution in [1.82, 2.24) is 5.32 Å². The maximum absolute atomic E-state index is 5.74. The Bertz CT molecular complexity index is 336. The Labute approximate surface area is 121 Å². The quantitative estimate of drug-likeness (QED) is 0.500. The largest absolute Gasteiger partial charge is 0.370 e. The van der Waals surface area contributed by atoms with Crippen LogP contribution in [0.3, 0.4) is 0 Å². The molecule has 1 rings (SSSR count). The summed E-state index contributed by atoms with van der Waals surface area (Å²) in [5.41, 5.74) is 7.03. The lowest BCUT2D eigenvalue weighted by Gasteiger charge is -2.11. The number of rotatable bonds is 4. The maximum atomic E-state index is 5.74. The number of nitrogens with one attached hydrogen (secondary N) is 1. The number of guanidine groups is 1. The molecule has 0 radical (unpaired) electrons. The molecule has 1 atom stereocenters. The highest BCUT2D eigenvalue weighted by molar-refractivity contribution is 14.0.